The molecule has 196 valence electrons. The van der Waals surface area contributed by atoms with Gasteiger partial charge in [-0.1, -0.05) is 48.6 Å². The number of carbonyl (C=O) groups excluding carboxylic acids is 1. The molecule has 0 bridgehead atoms. The molecule has 2 aromatic carbocycles. The van der Waals surface area contributed by atoms with E-state index in [4.69, 9.17) is 4.98 Å². The van der Waals surface area contributed by atoms with Crippen LogP contribution in [0.5, 0.6) is 0 Å². The first-order chi connectivity index (χ1) is 19.5. The summed E-state index contributed by atoms with van der Waals surface area (Å²) in [7, 11) is 0. The molecule has 9 nitrogen and oxygen atoms in total. The van der Waals surface area contributed by atoms with Crippen LogP contribution in [0.15, 0.2) is 96.3 Å². The maximum absolute atomic E-state index is 14.2. The summed E-state index contributed by atoms with van der Waals surface area (Å²) in [5.74, 6) is 0.0633. The van der Waals surface area contributed by atoms with Gasteiger partial charge in [-0.3, -0.25) is 19.1 Å². The van der Waals surface area contributed by atoms with E-state index in [1.165, 1.54) is 0 Å². The van der Waals surface area contributed by atoms with Crippen molar-refractivity contribution < 1.29 is 4.79 Å². The number of fused-ring (bicyclic) bond motifs is 2. The quantitative estimate of drug-likeness (QED) is 0.334. The summed E-state index contributed by atoms with van der Waals surface area (Å²) < 4.78 is 3.14. The highest BCUT2D eigenvalue weighted by molar-refractivity contribution is 6.01. The molecule has 40 heavy (non-hydrogen) atoms. The second-order valence-electron chi connectivity index (χ2n) is 9.35. The lowest BCUT2D eigenvalue weighted by atomic mass is 10.1. The van der Waals surface area contributed by atoms with Gasteiger partial charge in [-0.15, -0.1) is 0 Å². The lowest BCUT2D eigenvalue weighted by Crippen LogP contribution is -2.33. The first-order valence-corrected chi connectivity index (χ1v) is 12.8. The Morgan fingerprint density at radius 1 is 0.975 bits per heavy atom. The first-order valence-electron chi connectivity index (χ1n) is 12.8. The molecule has 0 saturated heterocycles. The van der Waals surface area contributed by atoms with Crippen molar-refractivity contribution >= 4 is 34.6 Å². The average Bonchev–Trinajstić information content (AvgIpc) is 3.32. The normalized spacial score (nSPS) is 12.2. The average molecular weight is 528 g/mol. The maximum Gasteiger partial charge on any atom is 0.266 e. The SMILES string of the molecule is Cc1nn2cccnc2c1C(=O)N[C@H](C)c1nc2cccc(/C=C/c3cccnc3)c2c(=O)n1-c1ccccc1. The van der Waals surface area contributed by atoms with Gasteiger partial charge in [0.2, 0.25) is 0 Å². The molecule has 0 aliphatic heterocycles. The summed E-state index contributed by atoms with van der Waals surface area (Å²) in [5.41, 5.74) is 4.01. The molecule has 9 heteroatoms. The highest BCUT2D eigenvalue weighted by Crippen LogP contribution is 2.23. The van der Waals surface area contributed by atoms with E-state index < -0.39 is 6.04 Å². The summed E-state index contributed by atoms with van der Waals surface area (Å²) in [6, 6.07) is 19.8. The Labute approximate surface area is 229 Å². The van der Waals surface area contributed by atoms with Crippen molar-refractivity contribution in [2.75, 3.05) is 0 Å². The number of carbonyl (C=O) groups is 1. The van der Waals surface area contributed by atoms with Gasteiger partial charge in [0.25, 0.3) is 11.5 Å². The summed E-state index contributed by atoms with van der Waals surface area (Å²) in [5, 5.41) is 7.90. The standard InChI is InChI=1S/C31H25N7O2/c1-20-26(29-33-17-8-18-37(29)36-20)30(39)34-21(2)28-35-25-13-6-10-23(15-14-22-9-7-16-32-19-22)27(25)31(40)38(28)24-11-4-3-5-12-24/h3-19,21H,1-2H3,(H,34,39)/b15-14+/t21-/m1/s1. The number of nitrogens with zero attached hydrogens (tertiary/aromatic N) is 6. The van der Waals surface area contributed by atoms with Gasteiger partial charge in [0.1, 0.15) is 11.4 Å². The van der Waals surface area contributed by atoms with Gasteiger partial charge < -0.3 is 5.32 Å². The lowest BCUT2D eigenvalue weighted by molar-refractivity contribution is 0.0938. The predicted molar refractivity (Wildman–Crippen MR) is 154 cm³/mol. The van der Waals surface area contributed by atoms with E-state index in [-0.39, 0.29) is 11.5 Å². The summed E-state index contributed by atoms with van der Waals surface area (Å²) in [6.07, 6.45) is 10.6. The number of hydrogen-bond donors (Lipinski definition) is 1. The highest BCUT2D eigenvalue weighted by Gasteiger charge is 2.24. The zero-order valence-electron chi connectivity index (χ0n) is 21.9. The van der Waals surface area contributed by atoms with Gasteiger partial charge in [0, 0.05) is 24.8 Å². The number of para-hydroxylation sites is 1. The van der Waals surface area contributed by atoms with E-state index >= 15 is 0 Å². The molecule has 6 aromatic rings. The largest absolute Gasteiger partial charge is 0.342 e. The Balaban J connectivity index is 1.47. The molecule has 1 atom stereocenters. The van der Waals surface area contributed by atoms with Crippen LogP contribution in [-0.4, -0.2) is 35.0 Å². The Bertz CT molecular complexity index is 1940. The van der Waals surface area contributed by atoms with Crippen LogP contribution >= 0.6 is 0 Å². The molecule has 4 aromatic heterocycles. The fourth-order valence-corrected chi connectivity index (χ4v) is 4.79. The van der Waals surface area contributed by atoms with Crippen LogP contribution in [0.1, 0.15) is 46.0 Å². The number of hydrogen-bond acceptors (Lipinski definition) is 6. The van der Waals surface area contributed by atoms with Crippen molar-refractivity contribution in [1.29, 1.82) is 0 Å². The van der Waals surface area contributed by atoms with Gasteiger partial charge in [-0.05, 0) is 55.3 Å². The molecular formula is C31H25N7O2. The molecule has 1 N–H and O–H groups in total. The Morgan fingerprint density at radius 2 is 1.82 bits per heavy atom. The molecule has 0 aliphatic carbocycles. The van der Waals surface area contributed by atoms with Gasteiger partial charge >= 0.3 is 0 Å². The minimum Gasteiger partial charge on any atom is -0.342 e. The van der Waals surface area contributed by atoms with Gasteiger partial charge in [0.05, 0.1) is 28.3 Å². The van der Waals surface area contributed by atoms with E-state index in [9.17, 15) is 9.59 Å². The van der Waals surface area contributed by atoms with Crippen molar-refractivity contribution in [1.82, 2.24) is 34.4 Å². The van der Waals surface area contributed by atoms with Crippen molar-refractivity contribution in [2.45, 2.75) is 19.9 Å². The highest BCUT2D eigenvalue weighted by atomic mass is 16.2. The van der Waals surface area contributed by atoms with Gasteiger partial charge in [-0.25, -0.2) is 14.5 Å². The molecule has 0 radical (unpaired) electrons. The number of pyridine rings is 1. The third-order valence-electron chi connectivity index (χ3n) is 6.64. The number of benzene rings is 2. The topological polar surface area (TPSA) is 107 Å². The van der Waals surface area contributed by atoms with Crippen LogP contribution in [0.2, 0.25) is 0 Å². The second-order valence-corrected chi connectivity index (χ2v) is 9.35. The molecule has 1 amide bonds. The van der Waals surface area contributed by atoms with Crippen molar-refractivity contribution in [3.8, 4) is 5.69 Å². The molecule has 0 saturated carbocycles. The molecule has 0 fully saturated rings. The van der Waals surface area contributed by atoms with Crippen molar-refractivity contribution in [2.24, 2.45) is 0 Å². The molecule has 0 aliphatic rings. The zero-order chi connectivity index (χ0) is 27.6. The zero-order valence-corrected chi connectivity index (χ0v) is 21.9. The third kappa shape index (κ3) is 4.54. The molecule has 0 unspecified atom stereocenters. The van der Waals surface area contributed by atoms with Crippen LogP contribution < -0.4 is 10.9 Å². The summed E-state index contributed by atoms with van der Waals surface area (Å²) in [6.45, 7) is 3.58. The van der Waals surface area contributed by atoms with Gasteiger partial charge in [-0.2, -0.15) is 5.10 Å². The first kappa shape index (κ1) is 24.9. The number of nitrogens with one attached hydrogen (secondary N) is 1. The van der Waals surface area contributed by atoms with Crippen LogP contribution in [0.25, 0.3) is 34.4 Å². The summed E-state index contributed by atoms with van der Waals surface area (Å²) >= 11 is 0. The number of rotatable bonds is 6. The van der Waals surface area contributed by atoms with Gasteiger partial charge in [0.15, 0.2) is 5.65 Å². The van der Waals surface area contributed by atoms with Crippen LogP contribution in [-0.2, 0) is 0 Å². The molecular weight excluding hydrogens is 502 g/mol. The third-order valence-corrected chi connectivity index (χ3v) is 6.64. The predicted octanol–water partition coefficient (Wildman–Crippen LogP) is 4.79. The van der Waals surface area contributed by atoms with Crippen molar-refractivity contribution in [3.63, 3.8) is 0 Å². The smallest absolute Gasteiger partial charge is 0.266 e. The maximum atomic E-state index is 14.2. The minimum absolute atomic E-state index is 0.229. The Morgan fingerprint density at radius 3 is 2.62 bits per heavy atom. The van der Waals surface area contributed by atoms with E-state index in [0.29, 0.717) is 39.3 Å². The molecule has 4 heterocycles. The Hall–Kier alpha value is -5.44. The Kier molecular flexibility index (Phi) is 6.45. The van der Waals surface area contributed by atoms with E-state index in [2.05, 4.69) is 20.4 Å². The van der Waals surface area contributed by atoms with Crippen LogP contribution in [0.3, 0.4) is 0 Å². The van der Waals surface area contributed by atoms with Crippen molar-refractivity contribution in [3.05, 3.63) is 130 Å². The van der Waals surface area contributed by atoms with E-state index in [1.54, 1.807) is 46.9 Å². The second kappa shape index (κ2) is 10.4. The fourth-order valence-electron chi connectivity index (χ4n) is 4.79. The van der Waals surface area contributed by atoms with E-state index in [0.717, 1.165) is 11.1 Å². The minimum atomic E-state index is -0.613. The fraction of sp³-hybridized carbons (Fsp3) is 0.0968. The number of aromatic nitrogens is 6. The van der Waals surface area contributed by atoms with E-state index in [1.807, 2.05) is 79.7 Å². The molecule has 6 rings (SSSR count). The van der Waals surface area contributed by atoms with Crippen LogP contribution in [0, 0.1) is 6.92 Å². The number of aryl methyl sites for hydroxylation is 1. The molecule has 0 spiro atoms. The summed E-state index contributed by atoms with van der Waals surface area (Å²) in [4.78, 5) is 41.0. The lowest BCUT2D eigenvalue weighted by Gasteiger charge is -2.20. The number of amides is 1. The monoisotopic (exact) mass is 527 g/mol. The van der Waals surface area contributed by atoms with Crippen LogP contribution in [0.4, 0.5) is 0 Å².